The largest absolute Gasteiger partial charge is 0.335 e. The van der Waals surface area contributed by atoms with Gasteiger partial charge >= 0.3 is 6.41 Å². The summed E-state index contributed by atoms with van der Waals surface area (Å²) in [5, 5.41) is 0. The van der Waals surface area contributed by atoms with Crippen molar-refractivity contribution in [3.05, 3.63) is 0 Å². The molecule has 0 aromatic carbocycles. The highest BCUT2D eigenvalue weighted by Gasteiger charge is 1.90. The van der Waals surface area contributed by atoms with E-state index in [4.69, 9.17) is 0 Å². The van der Waals surface area contributed by atoms with Gasteiger partial charge in [-0.1, -0.05) is 13.8 Å². The Morgan fingerprint density at radius 1 is 1.75 bits per heavy atom. The Bertz CT molecular complexity index is 63.4. The van der Waals surface area contributed by atoms with E-state index < -0.39 is 0 Å². The molecule has 3 heteroatoms. The molecule has 0 aliphatic rings. The first-order chi connectivity index (χ1) is 3.77. The van der Waals surface area contributed by atoms with E-state index in [1.54, 1.807) is 0 Å². The van der Waals surface area contributed by atoms with E-state index in [0.717, 1.165) is 0 Å². The van der Waals surface area contributed by atoms with Crippen LogP contribution in [0, 0.1) is 5.92 Å². The second-order valence-electron chi connectivity index (χ2n) is 1.91. The fourth-order valence-electron chi connectivity index (χ4n) is 0.238. The van der Waals surface area contributed by atoms with Gasteiger partial charge in [-0.25, -0.2) is 5.48 Å². The van der Waals surface area contributed by atoms with Crippen LogP contribution >= 0.6 is 0 Å². The molecule has 1 amide bonds. The van der Waals surface area contributed by atoms with Crippen LogP contribution in [0.3, 0.4) is 0 Å². The Morgan fingerprint density at radius 2 is 2.38 bits per heavy atom. The Kier molecular flexibility index (Phi) is 4.26. The van der Waals surface area contributed by atoms with Gasteiger partial charge < -0.3 is 0 Å². The molecule has 0 aliphatic carbocycles. The summed E-state index contributed by atoms with van der Waals surface area (Å²) in [7, 11) is 0. The predicted octanol–water partition coefficient (Wildman–Crippen LogP) is 0.231. The van der Waals surface area contributed by atoms with Crippen LogP contribution in [0.5, 0.6) is 0 Å². The number of amides is 1. The first-order valence-electron chi connectivity index (χ1n) is 2.51. The van der Waals surface area contributed by atoms with Gasteiger partial charge in [0.05, 0.1) is 6.61 Å². The summed E-state index contributed by atoms with van der Waals surface area (Å²) in [4.78, 5) is 14.0. The quantitative estimate of drug-likeness (QED) is 0.324. The lowest BCUT2D eigenvalue weighted by molar-refractivity contribution is 0.0623. The first-order valence-corrected chi connectivity index (χ1v) is 2.51. The summed E-state index contributed by atoms with van der Waals surface area (Å²) in [6.07, 6.45) is 1.40. The molecule has 0 saturated heterocycles. The average Bonchev–Trinajstić information content (AvgIpc) is 1.66. The third kappa shape index (κ3) is 5.43. The zero-order valence-corrected chi connectivity index (χ0v) is 5.10. The number of carbonyl (C=O) groups excluding carboxylic acids is 1. The molecule has 0 heterocycles. The fraction of sp³-hybridized carbons (Fsp3) is 0.800. The molecule has 0 aliphatic heterocycles. The van der Waals surface area contributed by atoms with E-state index in [9.17, 15) is 4.79 Å². The van der Waals surface area contributed by atoms with E-state index >= 15 is 0 Å². The van der Waals surface area contributed by atoms with E-state index in [1.165, 1.54) is 6.41 Å². The van der Waals surface area contributed by atoms with Crippen LogP contribution in [0.2, 0.25) is 0 Å². The zero-order chi connectivity index (χ0) is 6.41. The first kappa shape index (κ1) is 7.43. The van der Waals surface area contributed by atoms with Crippen molar-refractivity contribution in [2.24, 2.45) is 5.92 Å². The lowest BCUT2D eigenvalue weighted by atomic mass is 10.2. The minimum atomic E-state index is 0.441. The minimum absolute atomic E-state index is 0.441. The van der Waals surface area contributed by atoms with Crippen molar-refractivity contribution in [3.63, 3.8) is 0 Å². The maximum Gasteiger partial charge on any atom is 0.335 e. The van der Waals surface area contributed by atoms with Gasteiger partial charge in [0.25, 0.3) is 0 Å². The SMILES string of the molecule is CC(C)CON[C]=O. The van der Waals surface area contributed by atoms with E-state index in [2.05, 4.69) is 4.84 Å². The molecule has 0 fully saturated rings. The molecule has 0 aromatic rings. The minimum Gasteiger partial charge on any atom is -0.273 e. The Hall–Kier alpha value is -0.570. The number of hydroxylamine groups is 1. The van der Waals surface area contributed by atoms with Crippen LogP contribution in [0.25, 0.3) is 0 Å². The van der Waals surface area contributed by atoms with Gasteiger partial charge in [-0.3, -0.25) is 9.63 Å². The Labute approximate surface area is 49.0 Å². The zero-order valence-electron chi connectivity index (χ0n) is 5.10. The number of nitrogens with one attached hydrogen (secondary N) is 1. The molecule has 3 nitrogen and oxygen atoms in total. The lowest BCUT2D eigenvalue weighted by Crippen LogP contribution is -2.15. The topological polar surface area (TPSA) is 38.3 Å². The molecule has 1 radical (unpaired) electrons. The Morgan fingerprint density at radius 3 is 2.75 bits per heavy atom. The van der Waals surface area contributed by atoms with E-state index in [1.807, 2.05) is 19.3 Å². The van der Waals surface area contributed by atoms with Crippen LogP contribution in [0.4, 0.5) is 0 Å². The molecule has 0 rings (SSSR count). The van der Waals surface area contributed by atoms with Crippen LogP contribution in [0.15, 0.2) is 0 Å². The van der Waals surface area contributed by atoms with Crippen molar-refractivity contribution in [3.8, 4) is 0 Å². The molecule has 8 heavy (non-hydrogen) atoms. The molecule has 47 valence electrons. The van der Waals surface area contributed by atoms with Gasteiger partial charge in [0.15, 0.2) is 0 Å². The number of rotatable bonds is 4. The normalized spacial score (nSPS) is 9.38. The predicted molar refractivity (Wildman–Crippen MR) is 29.6 cm³/mol. The molecule has 0 aromatic heterocycles. The van der Waals surface area contributed by atoms with Gasteiger partial charge in [0.2, 0.25) is 0 Å². The molecule has 1 N–H and O–H groups in total. The van der Waals surface area contributed by atoms with Crippen LogP contribution < -0.4 is 5.48 Å². The summed E-state index contributed by atoms with van der Waals surface area (Å²) in [6.45, 7) is 4.52. The highest BCUT2D eigenvalue weighted by atomic mass is 16.6. The molecule has 0 atom stereocenters. The van der Waals surface area contributed by atoms with Gasteiger partial charge in [0.1, 0.15) is 0 Å². The summed E-state index contributed by atoms with van der Waals surface area (Å²) in [5.41, 5.74) is 1.97. The maximum atomic E-state index is 9.43. The maximum absolute atomic E-state index is 9.43. The standard InChI is InChI=1S/C5H10NO2/c1-5(2)3-8-6-4-7/h5H,3H2,1-2H3,(H,6,7). The van der Waals surface area contributed by atoms with Gasteiger partial charge in [-0.05, 0) is 5.92 Å². The lowest BCUT2D eigenvalue weighted by Gasteiger charge is -2.01. The molecule has 0 saturated carbocycles. The van der Waals surface area contributed by atoms with Crippen LogP contribution in [-0.4, -0.2) is 13.0 Å². The van der Waals surface area contributed by atoms with Crippen LogP contribution in [0.1, 0.15) is 13.8 Å². The summed E-state index contributed by atoms with van der Waals surface area (Å²) in [6, 6.07) is 0. The number of hydrogen-bond donors (Lipinski definition) is 1. The third-order valence-corrected chi connectivity index (χ3v) is 0.531. The monoisotopic (exact) mass is 116 g/mol. The van der Waals surface area contributed by atoms with Crippen molar-refractivity contribution in [1.29, 1.82) is 0 Å². The summed E-state index contributed by atoms with van der Waals surface area (Å²) in [5.74, 6) is 0.441. The van der Waals surface area contributed by atoms with Gasteiger partial charge in [-0.15, -0.1) is 0 Å². The van der Waals surface area contributed by atoms with Crippen molar-refractivity contribution in [1.82, 2.24) is 5.48 Å². The van der Waals surface area contributed by atoms with Crippen molar-refractivity contribution in [2.45, 2.75) is 13.8 Å². The van der Waals surface area contributed by atoms with E-state index in [0.29, 0.717) is 12.5 Å². The molecule has 0 bridgehead atoms. The van der Waals surface area contributed by atoms with E-state index in [-0.39, 0.29) is 0 Å². The van der Waals surface area contributed by atoms with Crippen molar-refractivity contribution in [2.75, 3.05) is 6.61 Å². The fourth-order valence-corrected chi connectivity index (χ4v) is 0.238. The molecular weight excluding hydrogens is 106 g/mol. The van der Waals surface area contributed by atoms with Crippen molar-refractivity contribution >= 4 is 6.41 Å². The molecule has 0 unspecified atom stereocenters. The third-order valence-electron chi connectivity index (χ3n) is 0.531. The van der Waals surface area contributed by atoms with Crippen molar-refractivity contribution < 1.29 is 9.63 Å². The van der Waals surface area contributed by atoms with Crippen LogP contribution in [-0.2, 0) is 9.63 Å². The molecule has 0 spiro atoms. The summed E-state index contributed by atoms with van der Waals surface area (Å²) < 4.78 is 0. The summed E-state index contributed by atoms with van der Waals surface area (Å²) >= 11 is 0. The second kappa shape index (κ2) is 4.59. The highest BCUT2D eigenvalue weighted by Crippen LogP contribution is 1.88. The highest BCUT2D eigenvalue weighted by molar-refractivity contribution is 5.44. The average molecular weight is 116 g/mol. The molecular formula is C5H10NO2. The number of hydrogen-bond acceptors (Lipinski definition) is 2. The van der Waals surface area contributed by atoms with Gasteiger partial charge in [0, 0.05) is 0 Å². The smallest absolute Gasteiger partial charge is 0.273 e. The van der Waals surface area contributed by atoms with Gasteiger partial charge in [-0.2, -0.15) is 0 Å². The second-order valence-corrected chi connectivity index (χ2v) is 1.91. The Balaban J connectivity index is 2.81.